The first kappa shape index (κ1) is 17.0. The highest BCUT2D eigenvalue weighted by Gasteiger charge is 2.17. The molecule has 1 amide bonds. The smallest absolute Gasteiger partial charge is 0.257 e. The van der Waals surface area contributed by atoms with Crippen LogP contribution in [0.2, 0.25) is 0 Å². The van der Waals surface area contributed by atoms with Gasteiger partial charge in [-0.05, 0) is 32.9 Å². The molecule has 0 spiro atoms. The van der Waals surface area contributed by atoms with Crippen LogP contribution in [0.4, 0.5) is 5.82 Å². The lowest BCUT2D eigenvalue weighted by Crippen LogP contribution is -2.13. The first-order chi connectivity index (χ1) is 13.0. The molecule has 0 aliphatic heterocycles. The number of anilines is 1. The van der Waals surface area contributed by atoms with Gasteiger partial charge in [-0.1, -0.05) is 23.4 Å². The molecule has 0 aliphatic carbocycles. The van der Waals surface area contributed by atoms with E-state index >= 15 is 0 Å². The van der Waals surface area contributed by atoms with Crippen molar-refractivity contribution in [3.05, 3.63) is 59.6 Å². The van der Waals surface area contributed by atoms with Crippen LogP contribution in [0.5, 0.6) is 0 Å². The van der Waals surface area contributed by atoms with Crippen molar-refractivity contribution >= 4 is 22.6 Å². The third-order valence-corrected chi connectivity index (χ3v) is 4.38. The Morgan fingerprint density at radius 1 is 1.22 bits per heavy atom. The van der Waals surface area contributed by atoms with Crippen molar-refractivity contribution < 1.29 is 9.32 Å². The maximum Gasteiger partial charge on any atom is 0.257 e. The predicted molar refractivity (Wildman–Crippen MR) is 103 cm³/mol. The second kappa shape index (κ2) is 6.68. The van der Waals surface area contributed by atoms with E-state index in [1.165, 1.54) is 0 Å². The lowest BCUT2D eigenvalue weighted by atomic mass is 10.0. The topological polar surface area (TPSA) is 85.8 Å². The molecule has 3 aromatic heterocycles. The molecule has 0 radical (unpaired) electrons. The summed E-state index contributed by atoms with van der Waals surface area (Å²) in [4.78, 5) is 17.7. The fourth-order valence-electron chi connectivity index (χ4n) is 3.04. The third-order valence-electron chi connectivity index (χ3n) is 4.38. The Hall–Kier alpha value is -3.48. The Labute approximate surface area is 156 Å². The number of aromatic nitrogens is 4. The fourth-order valence-corrected chi connectivity index (χ4v) is 3.04. The summed E-state index contributed by atoms with van der Waals surface area (Å²) in [6, 6.07) is 11.1. The van der Waals surface area contributed by atoms with E-state index in [1.54, 1.807) is 19.1 Å². The predicted octanol–water partition coefficient (Wildman–Crippen LogP) is 3.98. The maximum absolute atomic E-state index is 12.9. The molecule has 27 heavy (non-hydrogen) atoms. The first-order valence-electron chi connectivity index (χ1n) is 8.74. The summed E-state index contributed by atoms with van der Waals surface area (Å²) in [6.07, 6.45) is 1.95. The van der Waals surface area contributed by atoms with Crippen molar-refractivity contribution in [1.29, 1.82) is 0 Å². The zero-order valence-corrected chi connectivity index (χ0v) is 15.4. The van der Waals surface area contributed by atoms with Crippen LogP contribution < -0.4 is 5.32 Å². The van der Waals surface area contributed by atoms with Crippen LogP contribution in [0.25, 0.3) is 22.2 Å². The maximum atomic E-state index is 12.9. The molecule has 7 nitrogen and oxygen atoms in total. The second-order valence-corrected chi connectivity index (χ2v) is 6.33. The minimum Gasteiger partial charge on any atom is -0.360 e. The molecule has 1 N–H and O–H groups in total. The van der Waals surface area contributed by atoms with E-state index < -0.39 is 0 Å². The molecule has 3 heterocycles. The average molecular weight is 361 g/mol. The number of benzene rings is 1. The summed E-state index contributed by atoms with van der Waals surface area (Å²) >= 11 is 0. The van der Waals surface area contributed by atoms with Gasteiger partial charge in [0.25, 0.3) is 5.91 Å². The quantitative estimate of drug-likeness (QED) is 0.594. The van der Waals surface area contributed by atoms with Crippen LogP contribution in [0.3, 0.4) is 0 Å². The van der Waals surface area contributed by atoms with Gasteiger partial charge in [0.15, 0.2) is 5.82 Å². The molecule has 136 valence electrons. The number of carbonyl (C=O) groups is 1. The van der Waals surface area contributed by atoms with Crippen LogP contribution in [0.15, 0.2) is 47.1 Å². The third kappa shape index (κ3) is 3.19. The van der Waals surface area contributed by atoms with E-state index in [-0.39, 0.29) is 5.91 Å². The number of fused-ring (bicyclic) bond motifs is 1. The molecule has 0 unspecified atom stereocenters. The number of rotatable bonds is 4. The molecule has 1 aromatic carbocycles. The van der Waals surface area contributed by atoms with E-state index in [0.29, 0.717) is 22.8 Å². The largest absolute Gasteiger partial charge is 0.360 e. The van der Waals surface area contributed by atoms with Gasteiger partial charge in [-0.3, -0.25) is 9.48 Å². The molecule has 0 bridgehead atoms. The Morgan fingerprint density at radius 2 is 2.04 bits per heavy atom. The van der Waals surface area contributed by atoms with Crippen molar-refractivity contribution in [3.8, 4) is 11.3 Å². The molecular formula is C20H19N5O2. The lowest BCUT2D eigenvalue weighted by Gasteiger charge is -2.09. The van der Waals surface area contributed by atoms with E-state index in [1.807, 2.05) is 49.0 Å². The summed E-state index contributed by atoms with van der Waals surface area (Å²) in [6.45, 7) is 6.52. The van der Waals surface area contributed by atoms with Gasteiger partial charge in [-0.2, -0.15) is 5.10 Å². The minimum absolute atomic E-state index is 0.260. The monoisotopic (exact) mass is 361 g/mol. The van der Waals surface area contributed by atoms with Gasteiger partial charge in [0.1, 0.15) is 5.76 Å². The second-order valence-electron chi connectivity index (χ2n) is 6.33. The highest BCUT2D eigenvalue weighted by Crippen LogP contribution is 2.27. The molecular weight excluding hydrogens is 342 g/mol. The van der Waals surface area contributed by atoms with E-state index in [4.69, 9.17) is 9.51 Å². The molecule has 0 aliphatic rings. The summed E-state index contributed by atoms with van der Waals surface area (Å²) in [7, 11) is 0. The molecule has 4 aromatic rings. The Kier molecular flexibility index (Phi) is 4.19. The molecule has 0 fully saturated rings. The number of hydrogen-bond donors (Lipinski definition) is 1. The van der Waals surface area contributed by atoms with Crippen LogP contribution in [-0.4, -0.2) is 25.8 Å². The zero-order valence-electron chi connectivity index (χ0n) is 15.4. The highest BCUT2D eigenvalue weighted by molar-refractivity contribution is 6.12. The number of pyridine rings is 1. The molecule has 0 saturated heterocycles. The van der Waals surface area contributed by atoms with Gasteiger partial charge in [0, 0.05) is 29.8 Å². The van der Waals surface area contributed by atoms with Crippen LogP contribution in [0, 0.1) is 13.8 Å². The van der Waals surface area contributed by atoms with Crippen molar-refractivity contribution in [3.63, 3.8) is 0 Å². The number of aryl methyl sites for hydroxylation is 3. The molecule has 0 saturated carbocycles. The van der Waals surface area contributed by atoms with Crippen molar-refractivity contribution in [2.75, 3.05) is 5.32 Å². The van der Waals surface area contributed by atoms with Gasteiger partial charge in [0.2, 0.25) is 0 Å². The average Bonchev–Trinajstić information content (AvgIpc) is 3.25. The number of hydrogen-bond acceptors (Lipinski definition) is 5. The van der Waals surface area contributed by atoms with Gasteiger partial charge in [-0.25, -0.2) is 4.98 Å². The first-order valence-corrected chi connectivity index (χ1v) is 8.74. The standard InChI is InChI=1S/C20H19N5O2/c1-4-25-11-16(13(3)23-25)18-10-15(14-7-5-6-8-17(14)21-18)20(26)22-19-9-12(2)27-24-19/h5-11H,4H2,1-3H3,(H,22,24,26). The number of nitrogens with zero attached hydrogens (tertiary/aromatic N) is 4. The van der Waals surface area contributed by atoms with Crippen molar-refractivity contribution in [2.45, 2.75) is 27.3 Å². The number of amides is 1. The van der Waals surface area contributed by atoms with E-state index in [9.17, 15) is 4.79 Å². The normalized spacial score (nSPS) is 11.1. The molecule has 4 rings (SSSR count). The minimum atomic E-state index is -0.260. The van der Waals surface area contributed by atoms with Crippen LogP contribution in [0.1, 0.15) is 28.7 Å². The Balaban J connectivity index is 1.83. The number of carbonyl (C=O) groups excluding carboxylic acids is 1. The SMILES string of the molecule is CCn1cc(-c2cc(C(=O)Nc3cc(C)on3)c3ccccc3n2)c(C)n1. The number of nitrogens with one attached hydrogen (secondary N) is 1. The van der Waals surface area contributed by atoms with Crippen molar-refractivity contribution in [1.82, 2.24) is 19.9 Å². The number of para-hydroxylation sites is 1. The van der Waals surface area contributed by atoms with Gasteiger partial charge >= 0.3 is 0 Å². The summed E-state index contributed by atoms with van der Waals surface area (Å²) in [5.74, 6) is 0.756. The van der Waals surface area contributed by atoms with E-state index in [2.05, 4.69) is 15.6 Å². The summed E-state index contributed by atoms with van der Waals surface area (Å²) in [5, 5.41) is 11.9. The molecule has 0 atom stereocenters. The van der Waals surface area contributed by atoms with Crippen LogP contribution >= 0.6 is 0 Å². The Morgan fingerprint density at radius 3 is 2.74 bits per heavy atom. The van der Waals surface area contributed by atoms with Gasteiger partial charge in [-0.15, -0.1) is 0 Å². The highest BCUT2D eigenvalue weighted by atomic mass is 16.5. The Bertz CT molecular complexity index is 1140. The lowest BCUT2D eigenvalue weighted by molar-refractivity contribution is 0.102. The molecule has 7 heteroatoms. The van der Waals surface area contributed by atoms with Gasteiger partial charge in [0.05, 0.1) is 22.5 Å². The van der Waals surface area contributed by atoms with Gasteiger partial charge < -0.3 is 9.84 Å². The fraction of sp³-hybridized carbons (Fsp3) is 0.200. The summed E-state index contributed by atoms with van der Waals surface area (Å²) in [5.41, 5.74) is 3.78. The van der Waals surface area contributed by atoms with Crippen LogP contribution in [-0.2, 0) is 6.54 Å². The zero-order chi connectivity index (χ0) is 19.0. The van der Waals surface area contributed by atoms with E-state index in [0.717, 1.165) is 28.7 Å². The summed E-state index contributed by atoms with van der Waals surface area (Å²) < 4.78 is 6.89. The van der Waals surface area contributed by atoms with Crippen molar-refractivity contribution in [2.24, 2.45) is 0 Å².